The lowest BCUT2D eigenvalue weighted by molar-refractivity contribution is -0.139. The van der Waals surface area contributed by atoms with Crippen molar-refractivity contribution in [2.45, 2.75) is 51.5 Å². The van der Waals surface area contributed by atoms with E-state index < -0.39 is 41.4 Å². The highest BCUT2D eigenvalue weighted by molar-refractivity contribution is 6.04. The highest BCUT2D eigenvalue weighted by Crippen LogP contribution is 2.30. The van der Waals surface area contributed by atoms with E-state index >= 15 is 0 Å². The Morgan fingerprint density at radius 3 is 2.04 bits per heavy atom. The van der Waals surface area contributed by atoms with Gasteiger partial charge in [0.2, 0.25) is 0 Å². The molecule has 4 rings (SSSR count). The SMILES string of the molecule is CCCCCCCOc1ccc(C(=O)Oc2ccc(CC(NC(=O)c3ccc(NC(=O)c4cc(F)cc(F)c4)cc3)C(=O)O)cc2OC)cc1. The van der Waals surface area contributed by atoms with Crippen molar-refractivity contribution < 1.29 is 47.3 Å². The Kier molecular flexibility index (Phi) is 13.4. The van der Waals surface area contributed by atoms with Gasteiger partial charge in [-0.05, 0) is 84.8 Å². The van der Waals surface area contributed by atoms with E-state index in [0.717, 1.165) is 25.0 Å². The van der Waals surface area contributed by atoms with Crippen LogP contribution in [-0.2, 0) is 11.2 Å². The van der Waals surface area contributed by atoms with Gasteiger partial charge in [-0.1, -0.05) is 38.7 Å². The second-order valence-electron chi connectivity index (χ2n) is 11.4. The number of carboxylic acid groups (broad SMARTS) is 1. The van der Waals surface area contributed by atoms with Crippen LogP contribution in [0.1, 0.15) is 75.7 Å². The summed E-state index contributed by atoms with van der Waals surface area (Å²) < 4.78 is 43.6. The summed E-state index contributed by atoms with van der Waals surface area (Å²) in [6, 6.07) is 17.8. The smallest absolute Gasteiger partial charge is 0.343 e. The van der Waals surface area contributed by atoms with Gasteiger partial charge in [0.25, 0.3) is 11.8 Å². The Hall–Kier alpha value is -5.78. The number of carboxylic acids is 1. The first-order valence-electron chi connectivity index (χ1n) is 16.1. The third-order valence-electron chi connectivity index (χ3n) is 7.61. The van der Waals surface area contributed by atoms with Crippen molar-refractivity contribution in [3.8, 4) is 17.2 Å². The lowest BCUT2D eigenvalue weighted by Gasteiger charge is -2.16. The molecule has 10 nitrogen and oxygen atoms in total. The van der Waals surface area contributed by atoms with E-state index in [1.807, 2.05) is 0 Å². The van der Waals surface area contributed by atoms with Crippen molar-refractivity contribution in [3.05, 3.63) is 119 Å². The molecular formula is C38H38F2N2O8. The van der Waals surface area contributed by atoms with Crippen LogP contribution in [-0.4, -0.2) is 48.6 Å². The van der Waals surface area contributed by atoms with Crippen LogP contribution in [0.3, 0.4) is 0 Å². The Bertz CT molecular complexity index is 1780. The van der Waals surface area contributed by atoms with E-state index in [0.29, 0.717) is 29.5 Å². The number of rotatable bonds is 17. The number of halogens is 2. The molecule has 3 N–H and O–H groups in total. The van der Waals surface area contributed by atoms with E-state index in [1.165, 1.54) is 62.8 Å². The molecule has 0 saturated carbocycles. The number of aliphatic carboxylic acids is 1. The third kappa shape index (κ3) is 10.9. The molecule has 2 amide bonds. The third-order valence-corrected chi connectivity index (χ3v) is 7.61. The number of nitrogens with one attached hydrogen (secondary N) is 2. The predicted octanol–water partition coefficient (Wildman–Crippen LogP) is 7.22. The second kappa shape index (κ2) is 18.1. The maximum absolute atomic E-state index is 13.5. The molecule has 0 saturated heterocycles. The molecule has 0 aliphatic heterocycles. The average Bonchev–Trinajstić information content (AvgIpc) is 3.10. The number of ether oxygens (including phenoxy) is 3. The molecule has 0 fully saturated rings. The van der Waals surface area contributed by atoms with Gasteiger partial charge in [-0.3, -0.25) is 9.59 Å². The van der Waals surface area contributed by atoms with Crippen molar-refractivity contribution in [3.63, 3.8) is 0 Å². The summed E-state index contributed by atoms with van der Waals surface area (Å²) in [5.74, 6) is -4.20. The van der Waals surface area contributed by atoms with E-state index in [2.05, 4.69) is 17.6 Å². The maximum Gasteiger partial charge on any atom is 0.343 e. The number of hydrogen-bond donors (Lipinski definition) is 3. The van der Waals surface area contributed by atoms with Crippen LogP contribution in [0.25, 0.3) is 0 Å². The molecule has 262 valence electrons. The minimum Gasteiger partial charge on any atom is -0.494 e. The van der Waals surface area contributed by atoms with E-state index in [1.54, 1.807) is 30.3 Å². The van der Waals surface area contributed by atoms with Gasteiger partial charge in [0.15, 0.2) is 11.5 Å². The molecular weight excluding hydrogens is 650 g/mol. The minimum atomic E-state index is -1.33. The molecule has 0 heterocycles. The fraction of sp³-hybridized carbons (Fsp3) is 0.263. The van der Waals surface area contributed by atoms with Gasteiger partial charge in [-0.2, -0.15) is 0 Å². The van der Waals surface area contributed by atoms with Gasteiger partial charge < -0.3 is 30.0 Å². The predicted molar refractivity (Wildman–Crippen MR) is 182 cm³/mol. The van der Waals surface area contributed by atoms with Gasteiger partial charge >= 0.3 is 11.9 Å². The fourth-order valence-electron chi connectivity index (χ4n) is 4.94. The number of benzene rings is 4. The number of amides is 2. The summed E-state index contributed by atoms with van der Waals surface area (Å²) in [6.45, 7) is 2.77. The normalized spacial score (nSPS) is 11.3. The molecule has 0 radical (unpaired) electrons. The molecule has 0 aromatic heterocycles. The summed E-state index contributed by atoms with van der Waals surface area (Å²) >= 11 is 0. The van der Waals surface area contributed by atoms with Crippen LogP contribution in [0.5, 0.6) is 17.2 Å². The summed E-state index contributed by atoms with van der Waals surface area (Å²) in [7, 11) is 1.38. The Morgan fingerprint density at radius 1 is 0.740 bits per heavy atom. The first kappa shape index (κ1) is 37.0. The largest absolute Gasteiger partial charge is 0.494 e. The summed E-state index contributed by atoms with van der Waals surface area (Å²) in [5.41, 5.74) is 0.909. The number of carbonyl (C=O) groups is 4. The van der Waals surface area contributed by atoms with Crippen molar-refractivity contribution in [1.29, 1.82) is 0 Å². The summed E-state index contributed by atoms with van der Waals surface area (Å²) in [6.07, 6.45) is 5.52. The van der Waals surface area contributed by atoms with E-state index in [-0.39, 0.29) is 34.7 Å². The molecule has 0 bridgehead atoms. The van der Waals surface area contributed by atoms with Gasteiger partial charge in [0.1, 0.15) is 23.4 Å². The number of hydrogen-bond acceptors (Lipinski definition) is 7. The maximum atomic E-state index is 13.5. The molecule has 0 aliphatic rings. The number of anilines is 1. The van der Waals surface area contributed by atoms with Crippen molar-refractivity contribution >= 4 is 29.4 Å². The quantitative estimate of drug-likeness (QED) is 0.0600. The van der Waals surface area contributed by atoms with Crippen molar-refractivity contribution in [1.82, 2.24) is 5.32 Å². The molecule has 4 aromatic carbocycles. The average molecular weight is 689 g/mol. The van der Waals surface area contributed by atoms with Crippen LogP contribution in [0.15, 0.2) is 84.9 Å². The Balaban J connectivity index is 1.33. The Morgan fingerprint density at radius 2 is 1.40 bits per heavy atom. The standard InChI is InChI=1S/C38H38F2N2O8/c1-3-4-5-6-7-18-49-31-15-11-26(12-16-31)38(47)50-33-17-8-24(20-34(33)48-2)19-32(37(45)46)42-35(43)25-9-13-30(14-10-25)41-36(44)27-21-28(39)23-29(40)22-27/h8-17,20-23,32H,3-7,18-19H2,1-2H3,(H,41,44)(H,42,43)(H,45,46). The van der Waals surface area contributed by atoms with E-state index in [9.17, 15) is 33.1 Å². The fourth-order valence-corrected chi connectivity index (χ4v) is 4.94. The molecule has 0 aliphatic carbocycles. The van der Waals surface area contributed by atoms with Crippen LogP contribution >= 0.6 is 0 Å². The van der Waals surface area contributed by atoms with Crippen LogP contribution in [0.2, 0.25) is 0 Å². The zero-order valence-electron chi connectivity index (χ0n) is 27.7. The molecule has 4 aromatic rings. The summed E-state index contributed by atoms with van der Waals surface area (Å²) in [4.78, 5) is 50.2. The monoisotopic (exact) mass is 688 g/mol. The number of esters is 1. The van der Waals surface area contributed by atoms with Crippen molar-refractivity contribution in [2.24, 2.45) is 0 Å². The Labute approximate surface area is 288 Å². The zero-order valence-corrected chi connectivity index (χ0v) is 27.7. The van der Waals surface area contributed by atoms with Crippen LogP contribution in [0.4, 0.5) is 14.5 Å². The topological polar surface area (TPSA) is 140 Å². The molecule has 50 heavy (non-hydrogen) atoms. The zero-order chi connectivity index (χ0) is 36.0. The number of methoxy groups -OCH3 is 1. The van der Waals surface area contributed by atoms with E-state index in [4.69, 9.17) is 14.2 Å². The molecule has 1 atom stereocenters. The summed E-state index contributed by atoms with van der Waals surface area (Å²) in [5, 5.41) is 14.8. The minimum absolute atomic E-state index is 0.105. The highest BCUT2D eigenvalue weighted by atomic mass is 19.1. The number of unbranched alkanes of at least 4 members (excludes halogenated alkanes) is 4. The first-order chi connectivity index (χ1) is 24.1. The first-order valence-corrected chi connectivity index (χ1v) is 16.1. The van der Waals surface area contributed by atoms with Gasteiger partial charge in [-0.25, -0.2) is 18.4 Å². The van der Waals surface area contributed by atoms with Crippen molar-refractivity contribution in [2.75, 3.05) is 19.0 Å². The van der Waals surface area contributed by atoms with Gasteiger partial charge in [0, 0.05) is 29.3 Å². The number of carbonyl (C=O) groups excluding carboxylic acids is 3. The van der Waals surface area contributed by atoms with Crippen LogP contribution in [0, 0.1) is 11.6 Å². The van der Waals surface area contributed by atoms with Gasteiger partial charge in [-0.15, -0.1) is 0 Å². The lowest BCUT2D eigenvalue weighted by Crippen LogP contribution is -2.42. The molecule has 12 heteroatoms. The van der Waals surface area contributed by atoms with Gasteiger partial charge in [0.05, 0.1) is 19.3 Å². The molecule has 0 spiro atoms. The second-order valence-corrected chi connectivity index (χ2v) is 11.4. The molecule has 1 unspecified atom stereocenters. The van der Waals surface area contributed by atoms with Crippen LogP contribution < -0.4 is 24.8 Å². The lowest BCUT2D eigenvalue weighted by atomic mass is 10.0. The highest BCUT2D eigenvalue weighted by Gasteiger charge is 2.23.